The van der Waals surface area contributed by atoms with E-state index in [-0.39, 0.29) is 10.6 Å². The molecule has 0 aliphatic heterocycles. The van der Waals surface area contributed by atoms with Crippen LogP contribution >= 0.6 is 11.8 Å². The lowest BCUT2D eigenvalue weighted by molar-refractivity contribution is -0.385. The normalized spacial score (nSPS) is 10.2. The van der Waals surface area contributed by atoms with Gasteiger partial charge in [0.05, 0.1) is 4.92 Å². The van der Waals surface area contributed by atoms with E-state index in [1.165, 1.54) is 6.07 Å². The van der Waals surface area contributed by atoms with E-state index in [0.29, 0.717) is 0 Å². The maximum Gasteiger partial charge on any atom is 0.269 e. The average molecular weight is 245 g/mol. The monoisotopic (exact) mass is 245 g/mol. The number of nitro benzene ring substituents is 1. The molecule has 0 saturated carbocycles. The lowest BCUT2D eigenvalue weighted by Crippen LogP contribution is -1.89. The Bertz CT molecular complexity index is 540. The number of rotatable bonds is 3. The molecule has 0 unspecified atom stereocenters. The van der Waals surface area contributed by atoms with E-state index in [9.17, 15) is 10.1 Å². The average Bonchev–Trinajstić information content (AvgIpc) is 2.33. The molecule has 0 saturated heterocycles. The van der Waals surface area contributed by atoms with Crippen LogP contribution in [0.3, 0.4) is 0 Å². The number of aryl methyl sites for hydroxylation is 1. The van der Waals surface area contributed by atoms with Gasteiger partial charge in [0, 0.05) is 21.9 Å². The molecule has 17 heavy (non-hydrogen) atoms. The van der Waals surface area contributed by atoms with Crippen molar-refractivity contribution in [3.63, 3.8) is 0 Å². The Kier molecular flexibility index (Phi) is 3.44. The molecule has 0 spiro atoms. The highest BCUT2D eigenvalue weighted by Crippen LogP contribution is 2.31. The molecule has 0 heterocycles. The molecular formula is C13H11NO2S. The lowest BCUT2D eigenvalue weighted by atomic mass is 10.2. The van der Waals surface area contributed by atoms with Gasteiger partial charge in [-0.3, -0.25) is 10.1 Å². The number of hydrogen-bond acceptors (Lipinski definition) is 3. The molecule has 0 aliphatic rings. The summed E-state index contributed by atoms with van der Waals surface area (Å²) in [6.45, 7) is 1.89. The zero-order valence-corrected chi connectivity index (χ0v) is 10.1. The van der Waals surface area contributed by atoms with Gasteiger partial charge >= 0.3 is 0 Å². The van der Waals surface area contributed by atoms with E-state index in [4.69, 9.17) is 0 Å². The molecule has 0 aliphatic carbocycles. The molecule has 0 N–H and O–H groups in total. The summed E-state index contributed by atoms with van der Waals surface area (Å²) in [5.74, 6) is 0. The van der Waals surface area contributed by atoms with Crippen molar-refractivity contribution in [1.29, 1.82) is 0 Å². The van der Waals surface area contributed by atoms with Crippen LogP contribution in [0.15, 0.2) is 58.3 Å². The van der Waals surface area contributed by atoms with Crippen molar-refractivity contribution in [3.8, 4) is 0 Å². The second-order valence-electron chi connectivity index (χ2n) is 3.62. The van der Waals surface area contributed by atoms with E-state index in [1.54, 1.807) is 23.9 Å². The van der Waals surface area contributed by atoms with Gasteiger partial charge in [0.2, 0.25) is 0 Å². The third-order valence-corrected chi connectivity index (χ3v) is 3.53. The number of nitro groups is 1. The van der Waals surface area contributed by atoms with Gasteiger partial charge in [-0.05, 0) is 30.7 Å². The minimum atomic E-state index is -0.371. The van der Waals surface area contributed by atoms with Gasteiger partial charge in [-0.1, -0.05) is 30.0 Å². The van der Waals surface area contributed by atoms with Crippen molar-refractivity contribution in [2.75, 3.05) is 0 Å². The van der Waals surface area contributed by atoms with Crippen LogP contribution in [0.25, 0.3) is 0 Å². The van der Waals surface area contributed by atoms with Gasteiger partial charge in [-0.15, -0.1) is 0 Å². The van der Waals surface area contributed by atoms with Gasteiger partial charge < -0.3 is 0 Å². The fraction of sp³-hybridized carbons (Fsp3) is 0.0769. The first-order valence-corrected chi connectivity index (χ1v) is 5.96. The van der Waals surface area contributed by atoms with Crippen molar-refractivity contribution in [2.45, 2.75) is 16.7 Å². The van der Waals surface area contributed by atoms with E-state index >= 15 is 0 Å². The molecule has 3 nitrogen and oxygen atoms in total. The molecule has 2 rings (SSSR count). The second-order valence-corrected chi connectivity index (χ2v) is 4.74. The quantitative estimate of drug-likeness (QED) is 0.605. The van der Waals surface area contributed by atoms with Crippen LogP contribution < -0.4 is 0 Å². The van der Waals surface area contributed by atoms with Crippen molar-refractivity contribution in [3.05, 3.63) is 64.2 Å². The Balaban J connectivity index is 2.26. The van der Waals surface area contributed by atoms with Crippen LogP contribution in [0.2, 0.25) is 0 Å². The number of benzene rings is 2. The van der Waals surface area contributed by atoms with Crippen LogP contribution in [0, 0.1) is 17.0 Å². The van der Waals surface area contributed by atoms with Gasteiger partial charge in [-0.25, -0.2) is 0 Å². The SMILES string of the molecule is Cc1cc([N+](=O)[O-])ccc1Sc1ccccc1. The Morgan fingerprint density at radius 2 is 1.82 bits per heavy atom. The van der Waals surface area contributed by atoms with Gasteiger partial charge in [0.1, 0.15) is 0 Å². The predicted octanol–water partition coefficient (Wildman–Crippen LogP) is 4.05. The van der Waals surface area contributed by atoms with Crippen molar-refractivity contribution < 1.29 is 4.92 Å². The van der Waals surface area contributed by atoms with Crippen molar-refractivity contribution in [2.24, 2.45) is 0 Å². The molecule has 0 bridgehead atoms. The van der Waals surface area contributed by atoms with E-state index in [2.05, 4.69) is 0 Å². The highest BCUT2D eigenvalue weighted by Gasteiger charge is 2.08. The zero-order valence-electron chi connectivity index (χ0n) is 9.29. The smallest absolute Gasteiger partial charge is 0.258 e. The summed E-state index contributed by atoms with van der Waals surface area (Å²) in [6, 6.07) is 14.9. The third-order valence-electron chi connectivity index (χ3n) is 2.34. The van der Waals surface area contributed by atoms with Crippen LogP contribution in [-0.2, 0) is 0 Å². The molecule has 0 radical (unpaired) electrons. The minimum absolute atomic E-state index is 0.139. The number of hydrogen-bond donors (Lipinski definition) is 0. The molecule has 0 atom stereocenters. The van der Waals surface area contributed by atoms with E-state index < -0.39 is 0 Å². The minimum Gasteiger partial charge on any atom is -0.258 e. The summed E-state index contributed by atoms with van der Waals surface area (Å²) in [4.78, 5) is 12.4. The highest BCUT2D eigenvalue weighted by atomic mass is 32.2. The Hall–Kier alpha value is -1.81. The van der Waals surface area contributed by atoms with Crippen LogP contribution in [0.1, 0.15) is 5.56 Å². The van der Waals surface area contributed by atoms with Crippen molar-refractivity contribution in [1.82, 2.24) is 0 Å². The molecular weight excluding hydrogens is 234 g/mol. The molecule has 4 heteroatoms. The lowest BCUT2D eigenvalue weighted by Gasteiger charge is -2.04. The second kappa shape index (κ2) is 5.01. The van der Waals surface area contributed by atoms with Crippen LogP contribution in [-0.4, -0.2) is 4.92 Å². The topological polar surface area (TPSA) is 43.1 Å². The summed E-state index contributed by atoms with van der Waals surface area (Å²) in [5, 5.41) is 10.6. The molecule has 0 fully saturated rings. The first-order valence-electron chi connectivity index (χ1n) is 5.15. The highest BCUT2D eigenvalue weighted by molar-refractivity contribution is 7.99. The first kappa shape index (κ1) is 11.7. The third kappa shape index (κ3) is 2.85. The fourth-order valence-electron chi connectivity index (χ4n) is 1.48. The van der Waals surface area contributed by atoms with Crippen LogP contribution in [0.4, 0.5) is 5.69 Å². The maximum absolute atomic E-state index is 10.6. The summed E-state index contributed by atoms with van der Waals surface area (Å²) >= 11 is 1.61. The standard InChI is InChI=1S/C13H11NO2S/c1-10-9-11(14(15)16)7-8-13(10)17-12-5-3-2-4-6-12/h2-9H,1H3. The van der Waals surface area contributed by atoms with Crippen LogP contribution in [0.5, 0.6) is 0 Å². The molecule has 0 amide bonds. The molecule has 2 aromatic rings. The van der Waals surface area contributed by atoms with Gasteiger partial charge in [-0.2, -0.15) is 0 Å². The summed E-state index contributed by atoms with van der Waals surface area (Å²) < 4.78 is 0. The Morgan fingerprint density at radius 1 is 1.12 bits per heavy atom. The summed E-state index contributed by atoms with van der Waals surface area (Å²) in [7, 11) is 0. The maximum atomic E-state index is 10.6. The number of non-ortho nitro benzene ring substituents is 1. The summed E-state index contributed by atoms with van der Waals surface area (Å²) in [5.41, 5.74) is 1.06. The predicted molar refractivity (Wildman–Crippen MR) is 68.4 cm³/mol. The largest absolute Gasteiger partial charge is 0.269 e. The molecule has 2 aromatic carbocycles. The Morgan fingerprint density at radius 3 is 2.41 bits per heavy atom. The van der Waals surface area contributed by atoms with E-state index in [1.807, 2.05) is 37.3 Å². The fourth-order valence-corrected chi connectivity index (χ4v) is 2.38. The Labute approximate surface area is 104 Å². The first-order chi connectivity index (χ1) is 8.16. The summed E-state index contributed by atoms with van der Waals surface area (Å²) in [6.07, 6.45) is 0. The van der Waals surface area contributed by atoms with Crippen molar-refractivity contribution >= 4 is 17.4 Å². The molecule has 0 aromatic heterocycles. The zero-order chi connectivity index (χ0) is 12.3. The van der Waals surface area contributed by atoms with Gasteiger partial charge in [0.25, 0.3) is 5.69 Å². The van der Waals surface area contributed by atoms with E-state index in [0.717, 1.165) is 15.4 Å². The van der Waals surface area contributed by atoms with Gasteiger partial charge in [0.15, 0.2) is 0 Å². The number of nitrogens with zero attached hydrogens (tertiary/aromatic N) is 1. The molecule has 86 valence electrons.